The van der Waals surface area contributed by atoms with E-state index in [-0.39, 0.29) is 0 Å². The van der Waals surface area contributed by atoms with Crippen molar-refractivity contribution in [3.63, 3.8) is 0 Å². The van der Waals surface area contributed by atoms with Crippen molar-refractivity contribution in [1.29, 1.82) is 0 Å². The van der Waals surface area contributed by atoms with Crippen LogP contribution in [0.2, 0.25) is 0 Å². The lowest BCUT2D eigenvalue weighted by atomic mass is 10.2. The van der Waals surface area contributed by atoms with Gasteiger partial charge in [-0.15, -0.1) is 0 Å². The van der Waals surface area contributed by atoms with Crippen molar-refractivity contribution >= 4 is 23.3 Å². The SMILES string of the molecule is Cc1noc(CCn2c(=S)[nH]c3cccc(C)c32)n1. The largest absolute Gasteiger partial charge is 0.339 e. The molecule has 0 amide bonds. The van der Waals surface area contributed by atoms with Gasteiger partial charge in [0.2, 0.25) is 5.89 Å². The summed E-state index contributed by atoms with van der Waals surface area (Å²) < 4.78 is 7.93. The number of hydrogen-bond acceptors (Lipinski definition) is 4. The Morgan fingerprint density at radius 2 is 2.21 bits per heavy atom. The van der Waals surface area contributed by atoms with E-state index in [9.17, 15) is 0 Å². The minimum Gasteiger partial charge on any atom is -0.339 e. The van der Waals surface area contributed by atoms with Gasteiger partial charge < -0.3 is 14.1 Å². The van der Waals surface area contributed by atoms with E-state index in [4.69, 9.17) is 16.7 Å². The molecular weight excluding hydrogens is 260 g/mol. The Morgan fingerprint density at radius 3 is 2.95 bits per heavy atom. The lowest BCUT2D eigenvalue weighted by molar-refractivity contribution is 0.369. The first-order valence-corrected chi connectivity index (χ1v) is 6.53. The maximum atomic E-state index is 5.37. The normalized spacial score (nSPS) is 11.3. The zero-order valence-electron chi connectivity index (χ0n) is 10.8. The van der Waals surface area contributed by atoms with Gasteiger partial charge in [0.25, 0.3) is 0 Å². The molecule has 2 aromatic heterocycles. The minimum atomic E-state index is 0.641. The Bertz CT molecular complexity index is 783. The van der Waals surface area contributed by atoms with Gasteiger partial charge in [0.15, 0.2) is 10.6 Å². The van der Waals surface area contributed by atoms with Gasteiger partial charge in [-0.2, -0.15) is 4.98 Å². The second-order valence-corrected chi connectivity index (χ2v) is 4.92. The average Bonchev–Trinajstić information content (AvgIpc) is 2.91. The van der Waals surface area contributed by atoms with Crippen LogP contribution in [-0.4, -0.2) is 19.7 Å². The maximum Gasteiger partial charge on any atom is 0.228 e. The molecule has 1 aromatic carbocycles. The van der Waals surface area contributed by atoms with E-state index >= 15 is 0 Å². The molecule has 2 heterocycles. The molecule has 0 bridgehead atoms. The number of aryl methyl sites for hydroxylation is 4. The predicted octanol–water partition coefficient (Wildman–Crippen LogP) is 2.94. The van der Waals surface area contributed by atoms with Crippen LogP contribution in [0, 0.1) is 18.6 Å². The summed E-state index contributed by atoms with van der Waals surface area (Å²) in [4.78, 5) is 7.43. The third-order valence-corrected chi connectivity index (χ3v) is 3.44. The van der Waals surface area contributed by atoms with Crippen molar-refractivity contribution < 1.29 is 4.52 Å². The number of imidazole rings is 1. The van der Waals surface area contributed by atoms with E-state index in [0.717, 1.165) is 22.3 Å². The van der Waals surface area contributed by atoms with E-state index in [0.29, 0.717) is 18.1 Å². The Morgan fingerprint density at radius 1 is 1.37 bits per heavy atom. The monoisotopic (exact) mass is 274 g/mol. The number of benzene rings is 1. The molecule has 5 nitrogen and oxygen atoms in total. The highest BCUT2D eigenvalue weighted by molar-refractivity contribution is 7.71. The van der Waals surface area contributed by atoms with Gasteiger partial charge in [0.05, 0.1) is 11.0 Å². The van der Waals surface area contributed by atoms with Crippen LogP contribution in [0.25, 0.3) is 11.0 Å². The molecule has 0 aliphatic carbocycles. The summed E-state index contributed by atoms with van der Waals surface area (Å²) in [6.45, 7) is 4.62. The molecule has 3 rings (SSSR count). The van der Waals surface area contributed by atoms with Gasteiger partial charge >= 0.3 is 0 Å². The topological polar surface area (TPSA) is 59.6 Å². The summed E-state index contributed by atoms with van der Waals surface area (Å²) in [5.41, 5.74) is 3.40. The first-order chi connectivity index (χ1) is 9.15. The van der Waals surface area contributed by atoms with Crippen molar-refractivity contribution in [2.24, 2.45) is 0 Å². The van der Waals surface area contributed by atoms with Crippen molar-refractivity contribution in [2.75, 3.05) is 0 Å². The first-order valence-electron chi connectivity index (χ1n) is 6.12. The lowest BCUT2D eigenvalue weighted by Crippen LogP contribution is -2.02. The van der Waals surface area contributed by atoms with Crippen LogP contribution in [0.3, 0.4) is 0 Å². The number of hydrogen-bond donors (Lipinski definition) is 1. The molecule has 3 aromatic rings. The van der Waals surface area contributed by atoms with Gasteiger partial charge in [-0.25, -0.2) is 0 Å². The number of aromatic amines is 1. The third kappa shape index (κ3) is 2.19. The maximum absolute atomic E-state index is 5.37. The number of H-pyrrole nitrogens is 1. The highest BCUT2D eigenvalue weighted by Gasteiger charge is 2.09. The Balaban J connectivity index is 1.96. The van der Waals surface area contributed by atoms with Crippen LogP contribution >= 0.6 is 12.2 Å². The molecule has 19 heavy (non-hydrogen) atoms. The van der Waals surface area contributed by atoms with Crippen molar-refractivity contribution in [3.8, 4) is 0 Å². The van der Waals surface area contributed by atoms with Crippen molar-refractivity contribution in [3.05, 3.63) is 40.2 Å². The van der Waals surface area contributed by atoms with Gasteiger partial charge in [0.1, 0.15) is 0 Å². The van der Waals surface area contributed by atoms with Gasteiger partial charge in [-0.1, -0.05) is 17.3 Å². The number of fused-ring (bicyclic) bond motifs is 1. The van der Waals surface area contributed by atoms with Crippen molar-refractivity contribution in [1.82, 2.24) is 19.7 Å². The number of nitrogens with zero attached hydrogens (tertiary/aromatic N) is 3. The Hall–Kier alpha value is -1.95. The smallest absolute Gasteiger partial charge is 0.228 e. The zero-order chi connectivity index (χ0) is 13.4. The molecule has 1 N–H and O–H groups in total. The van der Waals surface area contributed by atoms with Gasteiger partial charge in [-0.05, 0) is 37.7 Å². The fraction of sp³-hybridized carbons (Fsp3) is 0.308. The van der Waals surface area contributed by atoms with E-state index in [1.54, 1.807) is 0 Å². The summed E-state index contributed by atoms with van der Waals surface area (Å²) in [7, 11) is 0. The number of aromatic nitrogens is 4. The van der Waals surface area contributed by atoms with E-state index < -0.39 is 0 Å². The molecule has 0 unspecified atom stereocenters. The van der Waals surface area contributed by atoms with Crippen LogP contribution < -0.4 is 0 Å². The van der Waals surface area contributed by atoms with Crippen LogP contribution in [0.4, 0.5) is 0 Å². The molecule has 6 heteroatoms. The first kappa shape index (κ1) is 12.1. The van der Waals surface area contributed by atoms with Crippen LogP contribution in [0.15, 0.2) is 22.7 Å². The molecule has 0 saturated carbocycles. The third-order valence-electron chi connectivity index (χ3n) is 3.11. The van der Waals surface area contributed by atoms with Crippen LogP contribution in [0.5, 0.6) is 0 Å². The summed E-state index contributed by atoms with van der Waals surface area (Å²) in [5.74, 6) is 1.30. The van der Waals surface area contributed by atoms with Crippen LogP contribution in [-0.2, 0) is 13.0 Å². The van der Waals surface area contributed by atoms with Gasteiger partial charge in [-0.3, -0.25) is 0 Å². The summed E-state index contributed by atoms with van der Waals surface area (Å²) >= 11 is 5.37. The lowest BCUT2D eigenvalue weighted by Gasteiger charge is -2.04. The van der Waals surface area contributed by atoms with E-state index in [2.05, 4.69) is 32.7 Å². The highest BCUT2D eigenvalue weighted by Crippen LogP contribution is 2.18. The molecule has 98 valence electrons. The van der Waals surface area contributed by atoms with Gasteiger partial charge in [0, 0.05) is 13.0 Å². The van der Waals surface area contributed by atoms with E-state index in [1.165, 1.54) is 5.56 Å². The standard InChI is InChI=1S/C13H14N4OS/c1-8-4-3-5-10-12(8)17(13(19)15-10)7-6-11-14-9(2)16-18-11/h3-5H,6-7H2,1-2H3,(H,15,19). The molecule has 0 spiro atoms. The molecule has 0 atom stereocenters. The zero-order valence-corrected chi connectivity index (χ0v) is 11.6. The molecular formula is C13H14N4OS. The fourth-order valence-electron chi connectivity index (χ4n) is 2.26. The molecule has 0 aliphatic rings. The highest BCUT2D eigenvalue weighted by atomic mass is 32.1. The van der Waals surface area contributed by atoms with E-state index in [1.807, 2.05) is 19.1 Å². The minimum absolute atomic E-state index is 0.641. The Labute approximate surface area is 115 Å². The number of rotatable bonds is 3. The summed E-state index contributed by atoms with van der Waals surface area (Å²) in [6, 6.07) is 6.14. The summed E-state index contributed by atoms with van der Waals surface area (Å²) in [5, 5.41) is 3.79. The van der Waals surface area contributed by atoms with Crippen molar-refractivity contribution in [2.45, 2.75) is 26.8 Å². The number of nitrogens with one attached hydrogen (secondary N) is 1. The molecule has 0 saturated heterocycles. The second-order valence-electron chi connectivity index (χ2n) is 4.54. The number of para-hydroxylation sites is 1. The van der Waals surface area contributed by atoms with Crippen LogP contribution in [0.1, 0.15) is 17.3 Å². The molecule has 0 fully saturated rings. The second kappa shape index (κ2) is 4.62. The molecule has 0 aliphatic heterocycles. The quantitative estimate of drug-likeness (QED) is 0.746. The average molecular weight is 274 g/mol. The Kier molecular flexibility index (Phi) is 2.94. The fourth-order valence-corrected chi connectivity index (χ4v) is 2.56. The summed E-state index contributed by atoms with van der Waals surface area (Å²) in [6.07, 6.45) is 0.677. The predicted molar refractivity (Wildman–Crippen MR) is 74.6 cm³/mol. The molecule has 0 radical (unpaired) electrons.